The van der Waals surface area contributed by atoms with Gasteiger partial charge in [-0.15, -0.1) is 24.0 Å². The van der Waals surface area contributed by atoms with Crippen molar-refractivity contribution < 1.29 is 14.6 Å². The fraction of sp³-hybridized carbons (Fsp3) is 0.435. The zero-order valence-corrected chi connectivity index (χ0v) is 20.8. The minimum atomic E-state index is 0. The standard InChI is InChI=1S/C23H32N4O3.HI/c1-4-24-23(25-17-18-10-11-20(28)22(16-18)30-5-2)27-14-12-26(13-15-27)19-8-6-7-9-21(19)29-3;/h6-11,16,28H,4-5,12-15,17H2,1-3H3,(H,24,25);1H. The summed E-state index contributed by atoms with van der Waals surface area (Å²) < 4.78 is 11.0. The Labute approximate surface area is 202 Å². The Morgan fingerprint density at radius 2 is 1.81 bits per heavy atom. The molecule has 0 amide bonds. The van der Waals surface area contributed by atoms with E-state index < -0.39 is 0 Å². The van der Waals surface area contributed by atoms with Gasteiger partial charge in [0.05, 0.1) is 25.9 Å². The van der Waals surface area contributed by atoms with Crippen molar-refractivity contribution in [3.8, 4) is 17.2 Å². The van der Waals surface area contributed by atoms with Crippen LogP contribution >= 0.6 is 24.0 Å². The second-order valence-corrected chi connectivity index (χ2v) is 7.05. The monoisotopic (exact) mass is 540 g/mol. The number of guanidine groups is 1. The fourth-order valence-electron chi connectivity index (χ4n) is 3.57. The Hall–Kier alpha value is -2.36. The molecule has 31 heavy (non-hydrogen) atoms. The second-order valence-electron chi connectivity index (χ2n) is 7.05. The van der Waals surface area contributed by atoms with Gasteiger partial charge < -0.3 is 29.7 Å². The molecule has 1 saturated heterocycles. The largest absolute Gasteiger partial charge is 0.504 e. The number of methoxy groups -OCH3 is 1. The Morgan fingerprint density at radius 3 is 2.48 bits per heavy atom. The number of hydrogen-bond acceptors (Lipinski definition) is 5. The van der Waals surface area contributed by atoms with Gasteiger partial charge in [0.1, 0.15) is 5.75 Å². The maximum Gasteiger partial charge on any atom is 0.194 e. The van der Waals surface area contributed by atoms with Crippen molar-refractivity contribution in [2.24, 2.45) is 4.99 Å². The Bertz CT molecular complexity index is 854. The van der Waals surface area contributed by atoms with Crippen molar-refractivity contribution in [1.29, 1.82) is 0 Å². The van der Waals surface area contributed by atoms with Crippen LogP contribution in [0.1, 0.15) is 19.4 Å². The number of anilines is 1. The maximum atomic E-state index is 9.89. The number of phenols is 1. The van der Waals surface area contributed by atoms with E-state index in [4.69, 9.17) is 14.5 Å². The molecule has 170 valence electrons. The van der Waals surface area contributed by atoms with Crippen LogP contribution in [-0.2, 0) is 6.54 Å². The van der Waals surface area contributed by atoms with Crippen LogP contribution in [-0.4, -0.2) is 62.4 Å². The van der Waals surface area contributed by atoms with Gasteiger partial charge in [-0.25, -0.2) is 4.99 Å². The number of phenolic OH excluding ortho intramolecular Hbond substituents is 1. The first-order chi connectivity index (χ1) is 14.7. The van der Waals surface area contributed by atoms with Gasteiger partial charge in [0.2, 0.25) is 0 Å². The first-order valence-electron chi connectivity index (χ1n) is 10.5. The van der Waals surface area contributed by atoms with E-state index in [9.17, 15) is 5.11 Å². The summed E-state index contributed by atoms with van der Waals surface area (Å²) >= 11 is 0. The number of benzene rings is 2. The Morgan fingerprint density at radius 1 is 1.06 bits per heavy atom. The first-order valence-corrected chi connectivity index (χ1v) is 10.5. The molecule has 0 aromatic heterocycles. The highest BCUT2D eigenvalue weighted by atomic mass is 127. The summed E-state index contributed by atoms with van der Waals surface area (Å²) in [4.78, 5) is 9.47. The highest BCUT2D eigenvalue weighted by Crippen LogP contribution is 2.29. The molecule has 7 nitrogen and oxygen atoms in total. The predicted molar refractivity (Wildman–Crippen MR) is 136 cm³/mol. The number of nitrogens with zero attached hydrogens (tertiary/aromatic N) is 3. The van der Waals surface area contributed by atoms with Crippen LogP contribution < -0.4 is 19.7 Å². The van der Waals surface area contributed by atoms with Gasteiger partial charge in [0.25, 0.3) is 0 Å². The number of piperazine rings is 1. The normalized spacial score (nSPS) is 14.1. The molecule has 0 spiro atoms. The molecule has 0 atom stereocenters. The van der Waals surface area contributed by atoms with E-state index in [1.807, 2.05) is 37.3 Å². The van der Waals surface area contributed by atoms with Crippen molar-refractivity contribution in [1.82, 2.24) is 10.2 Å². The topological polar surface area (TPSA) is 69.6 Å². The molecule has 1 aliphatic rings. The Kier molecular flexibility index (Phi) is 10.0. The van der Waals surface area contributed by atoms with Crippen LogP contribution in [0.15, 0.2) is 47.5 Å². The lowest BCUT2D eigenvalue weighted by Crippen LogP contribution is -2.52. The van der Waals surface area contributed by atoms with E-state index in [2.05, 4.69) is 28.1 Å². The summed E-state index contributed by atoms with van der Waals surface area (Å²) in [6.45, 7) is 9.39. The van der Waals surface area contributed by atoms with E-state index >= 15 is 0 Å². The third kappa shape index (κ3) is 6.56. The van der Waals surface area contributed by atoms with Crippen molar-refractivity contribution in [3.05, 3.63) is 48.0 Å². The molecule has 0 aliphatic carbocycles. The van der Waals surface area contributed by atoms with E-state index in [0.717, 1.165) is 55.7 Å². The van der Waals surface area contributed by atoms with Gasteiger partial charge in [0.15, 0.2) is 17.5 Å². The number of nitrogens with one attached hydrogen (secondary N) is 1. The molecule has 0 unspecified atom stereocenters. The van der Waals surface area contributed by atoms with E-state index in [0.29, 0.717) is 18.9 Å². The van der Waals surface area contributed by atoms with E-state index in [1.54, 1.807) is 13.2 Å². The number of rotatable bonds is 7. The maximum absolute atomic E-state index is 9.89. The minimum absolute atomic E-state index is 0. The van der Waals surface area contributed by atoms with Gasteiger partial charge in [-0.3, -0.25) is 0 Å². The van der Waals surface area contributed by atoms with Crippen LogP contribution in [0.3, 0.4) is 0 Å². The van der Waals surface area contributed by atoms with Crippen molar-refractivity contribution in [2.75, 3.05) is 51.3 Å². The predicted octanol–water partition coefficient (Wildman–Crippen LogP) is 3.71. The van der Waals surface area contributed by atoms with Crippen molar-refractivity contribution in [2.45, 2.75) is 20.4 Å². The summed E-state index contributed by atoms with van der Waals surface area (Å²) in [5.41, 5.74) is 2.13. The van der Waals surface area contributed by atoms with Gasteiger partial charge in [-0.05, 0) is 43.7 Å². The van der Waals surface area contributed by atoms with Crippen LogP contribution in [0.2, 0.25) is 0 Å². The lowest BCUT2D eigenvalue weighted by molar-refractivity contribution is 0.317. The summed E-state index contributed by atoms with van der Waals surface area (Å²) in [6, 6.07) is 13.5. The molecule has 1 fully saturated rings. The molecule has 0 bridgehead atoms. The van der Waals surface area contributed by atoms with Gasteiger partial charge >= 0.3 is 0 Å². The molecule has 2 aromatic carbocycles. The average molecular weight is 540 g/mol. The van der Waals surface area contributed by atoms with Gasteiger partial charge in [-0.1, -0.05) is 18.2 Å². The van der Waals surface area contributed by atoms with E-state index in [1.165, 1.54) is 0 Å². The third-order valence-corrected chi connectivity index (χ3v) is 5.08. The molecular weight excluding hydrogens is 507 g/mol. The molecule has 1 aliphatic heterocycles. The smallest absolute Gasteiger partial charge is 0.194 e. The van der Waals surface area contributed by atoms with Crippen LogP contribution in [0.4, 0.5) is 5.69 Å². The van der Waals surface area contributed by atoms with Crippen molar-refractivity contribution in [3.63, 3.8) is 0 Å². The summed E-state index contributed by atoms with van der Waals surface area (Å²) in [7, 11) is 1.71. The number of para-hydroxylation sites is 2. The minimum Gasteiger partial charge on any atom is -0.504 e. The fourth-order valence-corrected chi connectivity index (χ4v) is 3.57. The van der Waals surface area contributed by atoms with Gasteiger partial charge in [0, 0.05) is 32.7 Å². The summed E-state index contributed by atoms with van der Waals surface area (Å²) in [6.07, 6.45) is 0. The number of halogens is 1. The van der Waals surface area contributed by atoms with Crippen LogP contribution in [0.25, 0.3) is 0 Å². The molecule has 3 rings (SSSR count). The quantitative estimate of drug-likeness (QED) is 0.317. The van der Waals surface area contributed by atoms with Crippen LogP contribution in [0, 0.1) is 0 Å². The second kappa shape index (κ2) is 12.5. The number of aliphatic imine (C=N–C) groups is 1. The Balaban J connectivity index is 0.00000341. The van der Waals surface area contributed by atoms with E-state index in [-0.39, 0.29) is 29.7 Å². The number of ether oxygens (including phenoxy) is 2. The summed E-state index contributed by atoms with van der Waals surface area (Å²) in [5, 5.41) is 13.3. The lowest BCUT2D eigenvalue weighted by atomic mass is 10.2. The molecule has 0 radical (unpaired) electrons. The molecule has 8 heteroatoms. The first kappa shape index (κ1) is 24.9. The highest BCUT2D eigenvalue weighted by molar-refractivity contribution is 14.0. The zero-order valence-electron chi connectivity index (χ0n) is 18.5. The average Bonchev–Trinajstić information content (AvgIpc) is 2.79. The van der Waals surface area contributed by atoms with Crippen LogP contribution in [0.5, 0.6) is 17.2 Å². The van der Waals surface area contributed by atoms with Crippen molar-refractivity contribution >= 4 is 35.6 Å². The molecule has 2 N–H and O–H groups in total. The molecule has 2 aromatic rings. The SMILES string of the molecule is CCNC(=NCc1ccc(O)c(OCC)c1)N1CCN(c2ccccc2OC)CC1.I. The van der Waals surface area contributed by atoms with Gasteiger partial charge in [-0.2, -0.15) is 0 Å². The lowest BCUT2D eigenvalue weighted by Gasteiger charge is -2.38. The highest BCUT2D eigenvalue weighted by Gasteiger charge is 2.21. The third-order valence-electron chi connectivity index (χ3n) is 5.08. The molecule has 0 saturated carbocycles. The summed E-state index contributed by atoms with van der Waals surface area (Å²) in [5.74, 6) is 2.47. The number of aromatic hydroxyl groups is 1. The molecule has 1 heterocycles. The zero-order chi connectivity index (χ0) is 21.3. The number of hydrogen-bond donors (Lipinski definition) is 2. The molecular formula is C23H33IN4O3.